The predicted octanol–water partition coefficient (Wildman–Crippen LogP) is 2.91. The summed E-state index contributed by atoms with van der Waals surface area (Å²) in [6.45, 7) is 1.75. The van der Waals surface area contributed by atoms with Crippen LogP contribution < -0.4 is 19.9 Å². The van der Waals surface area contributed by atoms with E-state index in [2.05, 4.69) is 21.1 Å². The fraction of sp³-hybridized carbons (Fsp3) is 0.333. The molecule has 158 valence electrons. The van der Waals surface area contributed by atoms with Gasteiger partial charge in [-0.2, -0.15) is 5.26 Å². The van der Waals surface area contributed by atoms with E-state index in [4.69, 9.17) is 19.9 Å². The van der Waals surface area contributed by atoms with Crippen LogP contribution in [0.15, 0.2) is 24.4 Å². The predicted molar refractivity (Wildman–Crippen MR) is 107 cm³/mol. The van der Waals surface area contributed by atoms with Crippen molar-refractivity contribution in [2.45, 2.75) is 38.1 Å². The first kappa shape index (κ1) is 19.1. The Labute approximate surface area is 177 Å². The highest BCUT2D eigenvalue weighted by molar-refractivity contribution is 5.71. The molecule has 1 atom stereocenters. The van der Waals surface area contributed by atoms with Crippen molar-refractivity contribution >= 4 is 5.82 Å². The second kappa shape index (κ2) is 7.12. The van der Waals surface area contributed by atoms with Crippen LogP contribution >= 0.6 is 0 Å². The van der Waals surface area contributed by atoms with Crippen LogP contribution in [-0.2, 0) is 7.05 Å². The van der Waals surface area contributed by atoms with Gasteiger partial charge in [0.1, 0.15) is 47.2 Å². The van der Waals surface area contributed by atoms with Gasteiger partial charge in [0.2, 0.25) is 5.88 Å². The number of aryl methyl sites for hydroxylation is 1. The van der Waals surface area contributed by atoms with Crippen LogP contribution in [0.2, 0.25) is 0 Å². The number of nitrogens with two attached hydrogens (primary N) is 1. The van der Waals surface area contributed by atoms with Crippen molar-refractivity contribution in [3.63, 3.8) is 0 Å². The van der Waals surface area contributed by atoms with E-state index in [9.17, 15) is 9.65 Å². The summed E-state index contributed by atoms with van der Waals surface area (Å²) in [5, 5.41) is 14.0. The van der Waals surface area contributed by atoms with E-state index in [1.807, 2.05) is 0 Å². The van der Waals surface area contributed by atoms with Crippen LogP contribution in [0.1, 0.15) is 37.1 Å². The average molecular weight is 422 g/mol. The van der Waals surface area contributed by atoms with Crippen LogP contribution in [0.5, 0.6) is 17.5 Å². The summed E-state index contributed by atoms with van der Waals surface area (Å²) in [5.74, 6) is 0.540. The summed E-state index contributed by atoms with van der Waals surface area (Å²) >= 11 is 0. The Kier molecular flexibility index (Phi) is 4.39. The zero-order valence-corrected chi connectivity index (χ0v) is 16.9. The highest BCUT2D eigenvalue weighted by Crippen LogP contribution is 2.39. The molecular formula is C21H19FN6O3. The Hall–Kier alpha value is -3.87. The minimum Gasteiger partial charge on any atom is -0.490 e. The average Bonchev–Trinajstić information content (AvgIpc) is 3.03. The first-order chi connectivity index (χ1) is 14.9. The fourth-order valence-corrected chi connectivity index (χ4v) is 3.75. The van der Waals surface area contributed by atoms with E-state index in [1.165, 1.54) is 23.0 Å². The molecule has 1 saturated carbocycles. The molecule has 4 heterocycles. The van der Waals surface area contributed by atoms with Gasteiger partial charge in [-0.3, -0.25) is 4.68 Å². The van der Waals surface area contributed by atoms with Crippen LogP contribution in [-0.4, -0.2) is 32.0 Å². The van der Waals surface area contributed by atoms with Gasteiger partial charge in [-0.1, -0.05) is 0 Å². The van der Waals surface area contributed by atoms with Gasteiger partial charge in [0.05, 0.1) is 6.20 Å². The molecule has 0 spiro atoms. The molecule has 2 aromatic heterocycles. The topological polar surface area (TPSA) is 121 Å². The number of halogens is 1. The number of anilines is 1. The molecule has 1 unspecified atom stereocenters. The van der Waals surface area contributed by atoms with Crippen molar-refractivity contribution in [2.24, 2.45) is 7.05 Å². The van der Waals surface area contributed by atoms with E-state index < -0.39 is 11.9 Å². The van der Waals surface area contributed by atoms with Crippen LogP contribution in [0.25, 0.3) is 11.3 Å². The summed E-state index contributed by atoms with van der Waals surface area (Å²) in [4.78, 5) is 8.65. The molecule has 6 rings (SSSR count). The molecule has 0 saturated heterocycles. The number of hydrogen-bond acceptors (Lipinski definition) is 8. The molecule has 2 N–H and O–H groups in total. The Morgan fingerprint density at radius 1 is 1.19 bits per heavy atom. The smallest absolute Gasteiger partial charge is 0.258 e. The summed E-state index contributed by atoms with van der Waals surface area (Å²) in [6.07, 6.45) is 1.87. The molecule has 31 heavy (non-hydrogen) atoms. The lowest BCUT2D eigenvalue weighted by Gasteiger charge is -2.35. The van der Waals surface area contributed by atoms with Crippen molar-refractivity contribution in [2.75, 3.05) is 5.73 Å². The molecule has 10 heteroatoms. The fourth-order valence-electron chi connectivity index (χ4n) is 3.75. The number of fused-ring (bicyclic) bond motifs is 1. The van der Waals surface area contributed by atoms with Gasteiger partial charge >= 0.3 is 0 Å². The van der Waals surface area contributed by atoms with Gasteiger partial charge < -0.3 is 19.9 Å². The van der Waals surface area contributed by atoms with E-state index in [0.29, 0.717) is 41.3 Å². The Balaban J connectivity index is 1.65. The summed E-state index contributed by atoms with van der Waals surface area (Å²) in [6, 6.07) is 6.44. The van der Waals surface area contributed by atoms with Crippen LogP contribution in [0.3, 0.4) is 0 Å². The van der Waals surface area contributed by atoms with Gasteiger partial charge in [-0.05, 0) is 25.1 Å². The summed E-state index contributed by atoms with van der Waals surface area (Å²) < 4.78 is 33.5. The third kappa shape index (κ3) is 3.28. The van der Waals surface area contributed by atoms with Crippen molar-refractivity contribution in [1.82, 2.24) is 19.7 Å². The quantitative estimate of drug-likeness (QED) is 0.587. The second-order valence-corrected chi connectivity index (χ2v) is 7.60. The standard InChI is InChI=1S/C21H19FN6O3/c1-10-14-5-11(22)3-4-17(14)30-12-6-13(7-12)31-20-18(16(8-23)28(2)27-20)15-9-25-19(24)21(26-15)29-10/h3-5,9-10,12-13H,6-7H2,1-2H3,(H2,24,25). The number of nitrogen functional groups attached to an aromatic ring is 1. The minimum absolute atomic E-state index is 0.0566. The van der Waals surface area contributed by atoms with Crippen molar-refractivity contribution in [1.29, 1.82) is 5.26 Å². The number of rotatable bonds is 0. The summed E-state index contributed by atoms with van der Waals surface area (Å²) in [7, 11) is 1.66. The van der Waals surface area contributed by atoms with Crippen LogP contribution in [0, 0.1) is 17.1 Å². The zero-order valence-electron chi connectivity index (χ0n) is 16.9. The third-order valence-corrected chi connectivity index (χ3v) is 5.47. The monoisotopic (exact) mass is 422 g/mol. The maximum Gasteiger partial charge on any atom is 0.258 e. The van der Waals surface area contributed by atoms with E-state index in [1.54, 1.807) is 20.0 Å². The molecule has 1 aromatic carbocycles. The first-order valence-electron chi connectivity index (χ1n) is 9.82. The van der Waals surface area contributed by atoms with Crippen molar-refractivity contribution in [3.8, 4) is 34.8 Å². The van der Waals surface area contributed by atoms with Crippen molar-refractivity contribution < 1.29 is 18.6 Å². The molecule has 3 aliphatic rings. The highest BCUT2D eigenvalue weighted by Gasteiger charge is 2.36. The SMILES string of the molecule is CC1Oc2nc(cnc2N)-c2c(nn(C)c2C#N)OC2CC(C2)Oc2ccc(F)cc21. The lowest BCUT2D eigenvalue weighted by Crippen LogP contribution is -2.41. The van der Waals surface area contributed by atoms with E-state index in [0.717, 1.165) is 0 Å². The number of benzene rings is 1. The molecule has 1 aliphatic carbocycles. The first-order valence-corrected chi connectivity index (χ1v) is 9.82. The van der Waals surface area contributed by atoms with Gasteiger partial charge in [0.15, 0.2) is 11.5 Å². The molecule has 4 bridgehead atoms. The Morgan fingerprint density at radius 3 is 2.74 bits per heavy atom. The number of aromatic nitrogens is 4. The van der Waals surface area contributed by atoms with E-state index >= 15 is 0 Å². The third-order valence-electron chi connectivity index (χ3n) is 5.47. The van der Waals surface area contributed by atoms with Gasteiger partial charge in [-0.15, -0.1) is 5.10 Å². The van der Waals surface area contributed by atoms with E-state index in [-0.39, 0.29) is 29.6 Å². The van der Waals surface area contributed by atoms with Gasteiger partial charge in [0, 0.05) is 25.5 Å². The number of hydrogen-bond donors (Lipinski definition) is 1. The number of nitriles is 1. The molecule has 1 fully saturated rings. The Morgan fingerprint density at radius 2 is 1.97 bits per heavy atom. The molecule has 9 nitrogen and oxygen atoms in total. The second-order valence-electron chi connectivity index (χ2n) is 7.60. The summed E-state index contributed by atoms with van der Waals surface area (Å²) in [5.41, 5.74) is 7.56. The number of ether oxygens (including phenoxy) is 3. The van der Waals surface area contributed by atoms with Crippen molar-refractivity contribution in [3.05, 3.63) is 41.5 Å². The largest absolute Gasteiger partial charge is 0.490 e. The van der Waals surface area contributed by atoms with Gasteiger partial charge in [0.25, 0.3) is 5.88 Å². The number of nitrogens with zero attached hydrogens (tertiary/aromatic N) is 5. The van der Waals surface area contributed by atoms with Gasteiger partial charge in [-0.25, -0.2) is 14.4 Å². The Bertz CT molecular complexity index is 1210. The maximum atomic E-state index is 14.0. The molecule has 2 aliphatic heterocycles. The van der Waals surface area contributed by atoms with Crippen LogP contribution in [0.4, 0.5) is 10.2 Å². The highest BCUT2D eigenvalue weighted by atomic mass is 19.1. The molecule has 0 amide bonds. The molecular weight excluding hydrogens is 403 g/mol. The normalized spacial score (nSPS) is 21.7. The minimum atomic E-state index is -0.614. The lowest BCUT2D eigenvalue weighted by molar-refractivity contribution is 0.000856. The zero-order chi connectivity index (χ0) is 21.7. The molecule has 0 radical (unpaired) electrons. The molecule has 3 aromatic rings. The maximum absolute atomic E-state index is 14.0. The lowest BCUT2D eigenvalue weighted by atomic mass is 9.91.